The van der Waals surface area contributed by atoms with Crippen LogP contribution < -0.4 is 5.32 Å². The number of carbonyl (C=O) groups excluding carboxylic acids is 2. The second kappa shape index (κ2) is 12.7. The smallest absolute Gasteiger partial charge is 0.256 e. The van der Waals surface area contributed by atoms with Gasteiger partial charge in [-0.25, -0.2) is 0 Å². The largest absolute Gasteiger partial charge is 0.520 e. The summed E-state index contributed by atoms with van der Waals surface area (Å²) in [5.74, 6) is -0.0872. The molecule has 2 amide bonds. The van der Waals surface area contributed by atoms with Gasteiger partial charge >= 0.3 is 0 Å². The summed E-state index contributed by atoms with van der Waals surface area (Å²) in [6, 6.07) is 14.5. The number of hydrogen-bond donors (Lipinski definition) is 1. The zero-order valence-corrected chi connectivity index (χ0v) is 26.4. The molecule has 0 aliphatic carbocycles. The quantitative estimate of drug-likeness (QED) is 0.398. The van der Waals surface area contributed by atoms with E-state index in [1.807, 2.05) is 41.6 Å². The van der Waals surface area contributed by atoms with Crippen molar-refractivity contribution in [2.24, 2.45) is 5.41 Å². The van der Waals surface area contributed by atoms with Gasteiger partial charge < -0.3 is 19.9 Å². The number of rotatable bonds is 5. The Morgan fingerprint density at radius 3 is 2.24 bits per heavy atom. The number of benzene rings is 2. The van der Waals surface area contributed by atoms with Crippen molar-refractivity contribution < 1.29 is 9.59 Å². The van der Waals surface area contributed by atoms with E-state index in [-0.39, 0.29) is 11.3 Å². The molecule has 3 aliphatic heterocycles. The van der Waals surface area contributed by atoms with E-state index in [2.05, 4.69) is 30.1 Å². The zero-order chi connectivity index (χ0) is 26.6. The van der Waals surface area contributed by atoms with Crippen LogP contribution >= 0.6 is 34.8 Å². The van der Waals surface area contributed by atoms with Gasteiger partial charge in [-0.15, -0.1) is 0 Å². The average molecular weight is 816 g/mol. The van der Waals surface area contributed by atoms with Gasteiger partial charge in [0.2, 0.25) is 0 Å². The molecule has 0 aromatic heterocycles. The Balaban J connectivity index is 0.000000435. The maximum Gasteiger partial charge on any atom is 0.256 e. The van der Waals surface area contributed by atoms with Crippen molar-refractivity contribution in [2.75, 3.05) is 44.6 Å². The van der Waals surface area contributed by atoms with Crippen molar-refractivity contribution in [2.45, 2.75) is 45.2 Å². The van der Waals surface area contributed by atoms with Gasteiger partial charge in [-0.2, -0.15) is 48.3 Å². The summed E-state index contributed by atoms with van der Waals surface area (Å²) in [4.78, 5) is 29.7. The van der Waals surface area contributed by atoms with E-state index in [0.717, 1.165) is 69.2 Å². The van der Waals surface area contributed by atoms with Crippen LogP contribution in [0.4, 0.5) is 5.69 Å². The first-order chi connectivity index (χ1) is 17.6. The van der Waals surface area contributed by atoms with Gasteiger partial charge in [-0.3, -0.25) is 9.69 Å². The summed E-state index contributed by atoms with van der Waals surface area (Å²) in [7, 11) is 0. The molecular formula is C28H33Cl3EsN4O2-2. The third-order valence-corrected chi connectivity index (χ3v) is 8.11. The molecule has 5 rings (SSSR count). The summed E-state index contributed by atoms with van der Waals surface area (Å²) in [6.45, 7) is 9.28. The standard InChI is InChI=1S/C22H29Cl2N4O2.C6H4Cl.Es/c1-22(2)5-8-27(13-22)21(30)20-18(23)9-15(10-19(20)24)25-16-11-28(12-16)17-3-6-26(14-29)7-4-17;7-6-4-2-1-3-5-6;/h9-10,16-17,25H,3-8,11-13H2,1-2H3;1-2,4-5H;/q2*-1;. The van der Waals surface area contributed by atoms with Gasteiger partial charge in [0.25, 0.3) is 5.91 Å². The number of hydrogen-bond acceptors (Lipinski definition) is 4. The van der Waals surface area contributed by atoms with E-state index >= 15 is 0 Å². The van der Waals surface area contributed by atoms with E-state index in [1.54, 1.807) is 11.0 Å². The van der Waals surface area contributed by atoms with Crippen molar-refractivity contribution in [3.63, 3.8) is 0 Å². The molecule has 0 unspecified atom stereocenters. The molecule has 2 aromatic rings. The van der Waals surface area contributed by atoms with Crippen LogP contribution in [0.15, 0.2) is 36.4 Å². The number of anilines is 1. The van der Waals surface area contributed by atoms with E-state index in [4.69, 9.17) is 34.8 Å². The number of halogens is 3. The van der Waals surface area contributed by atoms with Crippen molar-refractivity contribution >= 4 is 52.8 Å². The van der Waals surface area contributed by atoms with Crippen molar-refractivity contribution in [1.82, 2.24) is 14.7 Å². The van der Waals surface area contributed by atoms with Crippen LogP contribution in [-0.2, 0) is 4.79 Å². The number of nitrogens with zero attached hydrogens (tertiary/aromatic N) is 3. The predicted molar refractivity (Wildman–Crippen MR) is 150 cm³/mol. The van der Waals surface area contributed by atoms with E-state index < -0.39 is 0 Å². The zero-order valence-electron chi connectivity index (χ0n) is 21.6. The molecule has 38 heavy (non-hydrogen) atoms. The fourth-order valence-electron chi connectivity index (χ4n) is 5.14. The minimum atomic E-state index is -0.0872. The van der Waals surface area contributed by atoms with Gasteiger partial charge in [0, 0.05) is 37.9 Å². The first-order valence-electron chi connectivity index (χ1n) is 12.7. The SMILES string of the molecule is CC1(C)CCN(C(=O)c2c(Cl)cc(NC3CN(C4CCN([C-]=O)CC4)C3)cc2Cl)C1.Clc1c[c-]ccc1.[Es]. The molecule has 3 heterocycles. The minimum Gasteiger partial charge on any atom is -0.520 e. The maximum atomic E-state index is 12.9. The topological polar surface area (TPSA) is 55.9 Å². The maximum absolute atomic E-state index is 12.9. The molecule has 3 saturated heterocycles. The minimum absolute atomic E-state index is 0. The normalized spacial score (nSPS) is 19.6. The summed E-state index contributed by atoms with van der Waals surface area (Å²) in [6.07, 6.45) is 4.98. The van der Waals surface area contributed by atoms with E-state index in [9.17, 15) is 9.59 Å². The summed E-state index contributed by atoms with van der Waals surface area (Å²) in [5, 5.41) is 5.02. The summed E-state index contributed by atoms with van der Waals surface area (Å²) < 4.78 is 0. The van der Waals surface area contributed by atoms with Gasteiger partial charge in [-0.05, 0) is 49.9 Å². The predicted octanol–water partition coefficient (Wildman–Crippen LogP) is 5.63. The van der Waals surface area contributed by atoms with Crippen LogP contribution in [0.2, 0.25) is 15.1 Å². The van der Waals surface area contributed by atoms with Gasteiger partial charge in [0.05, 0.1) is 21.7 Å². The molecule has 1 N–H and O–H groups in total. The summed E-state index contributed by atoms with van der Waals surface area (Å²) in [5.41, 5.74) is 1.38. The van der Waals surface area contributed by atoms with Crippen LogP contribution in [-0.4, -0.2) is 78.4 Å². The van der Waals surface area contributed by atoms with Crippen LogP contribution in [0.5, 0.6) is 0 Å². The van der Waals surface area contributed by atoms with Crippen molar-refractivity contribution in [1.29, 1.82) is 0 Å². The molecule has 10 heteroatoms. The van der Waals surface area contributed by atoms with Gasteiger partial charge in [0.15, 0.2) is 0 Å². The first-order valence-corrected chi connectivity index (χ1v) is 13.8. The van der Waals surface area contributed by atoms with E-state index in [0.29, 0.717) is 27.7 Å². The molecule has 0 spiro atoms. The third kappa shape index (κ3) is 7.31. The second-order valence-corrected chi connectivity index (χ2v) is 12.0. The summed E-state index contributed by atoms with van der Waals surface area (Å²) >= 11 is 18.5. The van der Waals surface area contributed by atoms with Crippen LogP contribution in [0, 0.1) is 11.5 Å². The molecule has 211 valence electrons. The molecule has 0 bridgehead atoms. The van der Waals surface area contributed by atoms with E-state index in [1.165, 1.54) is 0 Å². The van der Waals surface area contributed by atoms with Crippen LogP contribution in [0.3, 0.4) is 0 Å². The number of nitrogens with one attached hydrogen (secondary N) is 1. The Morgan fingerprint density at radius 1 is 1.11 bits per heavy atom. The average Bonchev–Trinajstić information content (AvgIpc) is 3.21. The molecule has 3 fully saturated rings. The Bertz CT molecular complexity index is 1070. The number of carbonyl (C=O) groups is 1. The molecule has 1 radical (unpaired) electrons. The molecule has 6 nitrogen and oxygen atoms in total. The van der Waals surface area contributed by atoms with Gasteiger partial charge in [-0.1, -0.05) is 42.1 Å². The molecule has 2 aromatic carbocycles. The first kappa shape index (κ1) is 29.6. The molecule has 0 saturated carbocycles. The molecular weight excluding hydrogens is 783 g/mol. The molecule has 0 atom stereocenters. The van der Waals surface area contributed by atoms with Crippen molar-refractivity contribution in [3.05, 3.63) is 63.1 Å². The van der Waals surface area contributed by atoms with Crippen LogP contribution in [0.1, 0.15) is 43.5 Å². The number of likely N-dealkylation sites (tertiary alicyclic amines) is 3. The fourth-order valence-corrected chi connectivity index (χ4v) is 5.92. The number of piperidine rings is 1. The Morgan fingerprint density at radius 2 is 1.76 bits per heavy atom. The Labute approximate surface area is 234 Å². The van der Waals surface area contributed by atoms with Crippen LogP contribution in [0.25, 0.3) is 0 Å². The Hall–Kier alpha value is -2.99. The Kier molecular flexibility index (Phi) is 9.88. The third-order valence-electron chi connectivity index (χ3n) is 7.28. The monoisotopic (exact) mass is 814 g/mol. The van der Waals surface area contributed by atoms with Crippen molar-refractivity contribution in [3.8, 4) is 0 Å². The van der Waals surface area contributed by atoms with Gasteiger partial charge in [0.1, 0.15) is 0 Å². The fraction of sp³-hybridized carbons (Fsp3) is 0.500. The second-order valence-electron chi connectivity index (χ2n) is 10.8. The number of amides is 2. The molecule has 3 aliphatic rings.